The maximum absolute atomic E-state index is 12.9. The number of carbonyl (C=O) groups excluding carboxylic acids is 1. The molecule has 2 heterocycles. The number of nitrogens with zero attached hydrogens (tertiary/aromatic N) is 3. The minimum atomic E-state index is -0.430. The van der Waals surface area contributed by atoms with Crippen LogP contribution in [0, 0.1) is 0 Å². The summed E-state index contributed by atoms with van der Waals surface area (Å²) in [6.45, 7) is 7.84. The Hall–Kier alpha value is -1.96. The van der Waals surface area contributed by atoms with E-state index in [0.717, 1.165) is 24.3 Å². The largest absolute Gasteiger partial charge is 0.411 e. The number of amides is 1. The number of benzene rings is 1. The van der Waals surface area contributed by atoms with Crippen molar-refractivity contribution in [1.29, 1.82) is 0 Å². The summed E-state index contributed by atoms with van der Waals surface area (Å²) in [6, 6.07) is 4.79. The first kappa shape index (κ1) is 20.8. The molecule has 1 fully saturated rings. The molecule has 0 saturated carbocycles. The standard InChI is InChI=1S/C20H24ClN3O3S/c1-20(2,3)17-12-24(11-15-5-4-8-27-15)19(28-17)23-18(25)16-9-14(21)7-6-13(16)10-22-26/h6-7,9-10,12,15,26H,4-5,8,11H2,1-3H3/b22-10+,23-19-/t15-/m1/s1. The average Bonchev–Trinajstić information content (AvgIpc) is 3.27. The molecular formula is C20H24ClN3O3S. The lowest BCUT2D eigenvalue weighted by molar-refractivity contribution is 0.0949. The van der Waals surface area contributed by atoms with Gasteiger partial charge in [-0.3, -0.25) is 4.79 Å². The molecule has 1 amide bonds. The number of halogens is 1. The summed E-state index contributed by atoms with van der Waals surface area (Å²) in [5.74, 6) is -0.430. The Morgan fingerprint density at radius 1 is 1.46 bits per heavy atom. The topological polar surface area (TPSA) is 76.2 Å². The zero-order chi connectivity index (χ0) is 20.3. The van der Waals surface area contributed by atoms with E-state index in [1.165, 1.54) is 23.6 Å². The van der Waals surface area contributed by atoms with Crippen molar-refractivity contribution in [3.8, 4) is 0 Å². The summed E-state index contributed by atoms with van der Waals surface area (Å²) in [7, 11) is 0. The average molecular weight is 422 g/mol. The third-order valence-electron chi connectivity index (χ3n) is 4.52. The highest BCUT2D eigenvalue weighted by atomic mass is 35.5. The molecule has 150 valence electrons. The van der Waals surface area contributed by atoms with Gasteiger partial charge in [0.15, 0.2) is 4.80 Å². The van der Waals surface area contributed by atoms with Gasteiger partial charge in [0, 0.05) is 28.3 Å². The van der Waals surface area contributed by atoms with Gasteiger partial charge in [-0.2, -0.15) is 4.99 Å². The second kappa shape index (κ2) is 8.59. The van der Waals surface area contributed by atoms with Gasteiger partial charge in [-0.15, -0.1) is 11.3 Å². The second-order valence-corrected chi connectivity index (χ2v) is 9.25. The van der Waals surface area contributed by atoms with Gasteiger partial charge in [0.2, 0.25) is 0 Å². The smallest absolute Gasteiger partial charge is 0.280 e. The van der Waals surface area contributed by atoms with Crippen molar-refractivity contribution in [2.75, 3.05) is 6.61 Å². The number of ether oxygens (including phenoxy) is 1. The molecule has 1 aliphatic rings. The molecule has 0 unspecified atom stereocenters. The maximum Gasteiger partial charge on any atom is 0.280 e. The molecule has 3 rings (SSSR count). The van der Waals surface area contributed by atoms with E-state index in [4.69, 9.17) is 21.5 Å². The van der Waals surface area contributed by atoms with Crippen LogP contribution in [0.15, 0.2) is 34.5 Å². The Morgan fingerprint density at radius 2 is 2.25 bits per heavy atom. The van der Waals surface area contributed by atoms with Gasteiger partial charge in [0.1, 0.15) is 0 Å². The van der Waals surface area contributed by atoms with Crippen molar-refractivity contribution < 1.29 is 14.7 Å². The van der Waals surface area contributed by atoms with Gasteiger partial charge in [-0.05, 0) is 30.4 Å². The molecule has 0 bridgehead atoms. The minimum Gasteiger partial charge on any atom is -0.411 e. The van der Waals surface area contributed by atoms with Gasteiger partial charge in [-0.1, -0.05) is 43.6 Å². The van der Waals surface area contributed by atoms with Gasteiger partial charge < -0.3 is 14.5 Å². The third-order valence-corrected chi connectivity index (χ3v) is 6.20. The van der Waals surface area contributed by atoms with Gasteiger partial charge in [-0.25, -0.2) is 0 Å². The lowest BCUT2D eigenvalue weighted by atomic mass is 9.95. The summed E-state index contributed by atoms with van der Waals surface area (Å²) < 4.78 is 7.76. The Balaban J connectivity index is 2.03. The van der Waals surface area contributed by atoms with E-state index in [1.807, 2.05) is 4.57 Å². The molecule has 6 nitrogen and oxygen atoms in total. The molecule has 8 heteroatoms. The summed E-state index contributed by atoms with van der Waals surface area (Å²) >= 11 is 7.55. The van der Waals surface area contributed by atoms with Crippen molar-refractivity contribution in [3.05, 3.63) is 50.2 Å². The first-order chi connectivity index (χ1) is 13.3. The second-order valence-electron chi connectivity index (χ2n) is 7.81. The van der Waals surface area contributed by atoms with E-state index in [-0.39, 0.29) is 11.5 Å². The fourth-order valence-electron chi connectivity index (χ4n) is 2.99. The fraction of sp³-hybridized carbons (Fsp3) is 0.450. The van der Waals surface area contributed by atoms with E-state index >= 15 is 0 Å². The SMILES string of the molecule is CC(C)(C)c1cn(C[C@H]2CCCO2)/c(=N/C(=O)c2cc(Cl)ccc2/C=N/O)s1. The van der Waals surface area contributed by atoms with E-state index in [2.05, 4.69) is 37.1 Å². The maximum atomic E-state index is 12.9. The molecule has 1 saturated heterocycles. The van der Waals surface area contributed by atoms with Crippen LogP contribution in [0.4, 0.5) is 0 Å². The molecule has 0 aliphatic carbocycles. The van der Waals surface area contributed by atoms with Crippen LogP contribution in [0.25, 0.3) is 0 Å². The predicted octanol–water partition coefficient (Wildman–Crippen LogP) is 4.23. The molecule has 0 radical (unpaired) electrons. The number of hydrogen-bond donors (Lipinski definition) is 1. The molecule has 28 heavy (non-hydrogen) atoms. The van der Waals surface area contributed by atoms with Crippen LogP contribution in [0.5, 0.6) is 0 Å². The van der Waals surface area contributed by atoms with E-state index in [0.29, 0.717) is 27.5 Å². The fourth-order valence-corrected chi connectivity index (χ4v) is 4.22. The monoisotopic (exact) mass is 421 g/mol. The molecule has 1 atom stereocenters. The molecule has 1 aromatic carbocycles. The molecule has 1 N–H and O–H groups in total. The van der Waals surface area contributed by atoms with Crippen LogP contribution in [0.2, 0.25) is 5.02 Å². The number of hydrogen-bond acceptors (Lipinski definition) is 5. The lowest BCUT2D eigenvalue weighted by Crippen LogP contribution is -2.23. The normalized spacial score (nSPS) is 18.3. The van der Waals surface area contributed by atoms with Crippen LogP contribution >= 0.6 is 22.9 Å². The molecular weight excluding hydrogens is 398 g/mol. The van der Waals surface area contributed by atoms with E-state index < -0.39 is 5.91 Å². The van der Waals surface area contributed by atoms with Gasteiger partial charge >= 0.3 is 0 Å². The Labute approximate surface area is 173 Å². The van der Waals surface area contributed by atoms with Crippen molar-refractivity contribution in [1.82, 2.24) is 4.57 Å². The highest BCUT2D eigenvalue weighted by Crippen LogP contribution is 2.25. The van der Waals surface area contributed by atoms with Crippen LogP contribution in [-0.4, -0.2) is 34.6 Å². The zero-order valence-corrected chi connectivity index (χ0v) is 17.8. The van der Waals surface area contributed by atoms with Crippen LogP contribution < -0.4 is 4.80 Å². The summed E-state index contributed by atoms with van der Waals surface area (Å²) in [6.07, 6.45) is 5.46. The lowest BCUT2D eigenvalue weighted by Gasteiger charge is -2.15. The molecule has 1 aromatic heterocycles. The third kappa shape index (κ3) is 4.90. The van der Waals surface area contributed by atoms with E-state index in [1.54, 1.807) is 12.1 Å². The van der Waals surface area contributed by atoms with Crippen LogP contribution in [0.1, 0.15) is 54.4 Å². The first-order valence-corrected chi connectivity index (χ1v) is 10.4. The summed E-state index contributed by atoms with van der Waals surface area (Å²) in [5.41, 5.74) is 0.698. The Morgan fingerprint density at radius 3 is 2.89 bits per heavy atom. The highest BCUT2D eigenvalue weighted by Gasteiger charge is 2.22. The minimum absolute atomic E-state index is 0.0511. The number of aromatic nitrogens is 1. The number of thiazole rings is 1. The Bertz CT molecular complexity index is 950. The first-order valence-electron chi connectivity index (χ1n) is 9.16. The van der Waals surface area contributed by atoms with Crippen molar-refractivity contribution in [2.24, 2.45) is 10.1 Å². The number of oxime groups is 1. The predicted molar refractivity (Wildman–Crippen MR) is 111 cm³/mol. The molecule has 1 aliphatic heterocycles. The zero-order valence-electron chi connectivity index (χ0n) is 16.2. The van der Waals surface area contributed by atoms with E-state index in [9.17, 15) is 4.79 Å². The molecule has 0 spiro atoms. The summed E-state index contributed by atoms with van der Waals surface area (Å²) in [5, 5.41) is 12.3. The van der Waals surface area contributed by atoms with Gasteiger partial charge in [0.25, 0.3) is 5.91 Å². The van der Waals surface area contributed by atoms with Crippen LogP contribution in [0.3, 0.4) is 0 Å². The quantitative estimate of drug-likeness (QED) is 0.456. The Kier molecular flexibility index (Phi) is 6.37. The number of carbonyl (C=O) groups is 1. The van der Waals surface area contributed by atoms with Crippen molar-refractivity contribution in [2.45, 2.75) is 51.7 Å². The number of rotatable bonds is 4. The van der Waals surface area contributed by atoms with Gasteiger partial charge in [0.05, 0.1) is 24.4 Å². The summed E-state index contributed by atoms with van der Waals surface area (Å²) in [4.78, 5) is 19.0. The molecule has 2 aromatic rings. The van der Waals surface area contributed by atoms with Crippen molar-refractivity contribution in [3.63, 3.8) is 0 Å². The van der Waals surface area contributed by atoms with Crippen LogP contribution in [-0.2, 0) is 16.7 Å². The van der Waals surface area contributed by atoms with Crippen molar-refractivity contribution >= 4 is 35.1 Å². The highest BCUT2D eigenvalue weighted by molar-refractivity contribution is 7.09.